The van der Waals surface area contributed by atoms with Gasteiger partial charge in [-0.15, -0.1) is 0 Å². The fraction of sp³-hybridized carbons (Fsp3) is 0.400. The maximum atomic E-state index is 13.6. The number of carbonyl (C=O) groups is 4. The van der Waals surface area contributed by atoms with E-state index in [9.17, 15) is 33.2 Å². The van der Waals surface area contributed by atoms with Crippen LogP contribution >= 0.6 is 0 Å². The number of nitrogens with one attached hydrogen (secondary N) is 3. The number of rotatable bonds is 6. The van der Waals surface area contributed by atoms with Gasteiger partial charge in [0.15, 0.2) is 0 Å². The van der Waals surface area contributed by atoms with E-state index in [1.165, 1.54) is 7.05 Å². The first-order valence-electron chi connectivity index (χ1n) is 11.4. The number of anilines is 1. The number of likely N-dealkylation sites (N-methyl/N-ethyl adjacent to an activating group) is 1. The maximum absolute atomic E-state index is 13.6. The molecule has 4 rings (SSSR count). The number of halogens is 2. The minimum Gasteiger partial charge on any atom is -0.357 e. The van der Waals surface area contributed by atoms with Gasteiger partial charge in [-0.25, -0.2) is 8.78 Å². The van der Waals surface area contributed by atoms with Crippen molar-refractivity contribution in [1.29, 1.82) is 5.26 Å². The third kappa shape index (κ3) is 4.12. The lowest BCUT2D eigenvalue weighted by Crippen LogP contribution is -2.69. The molecule has 0 saturated heterocycles. The first-order chi connectivity index (χ1) is 16.9. The Morgan fingerprint density at radius 1 is 1.14 bits per heavy atom. The second kappa shape index (κ2) is 8.86. The molecule has 1 fully saturated rings. The van der Waals surface area contributed by atoms with Crippen LogP contribution in [0.5, 0.6) is 0 Å². The Balaban J connectivity index is 1.62. The average molecular weight is 498 g/mol. The Labute approximate surface area is 205 Å². The van der Waals surface area contributed by atoms with Crippen LogP contribution in [0, 0.1) is 25.2 Å². The topological polar surface area (TPSA) is 133 Å². The number of alkyl halides is 2. The van der Waals surface area contributed by atoms with Crippen LogP contribution in [0.2, 0.25) is 0 Å². The Bertz CT molecular complexity index is 1350. The van der Waals surface area contributed by atoms with Crippen molar-refractivity contribution < 1.29 is 28.0 Å². The van der Waals surface area contributed by atoms with E-state index in [-0.39, 0.29) is 16.8 Å². The molecular weight excluding hydrogens is 472 g/mol. The fourth-order valence-electron chi connectivity index (χ4n) is 5.08. The summed E-state index contributed by atoms with van der Waals surface area (Å²) in [5, 5.41) is 16.5. The molecule has 36 heavy (non-hydrogen) atoms. The fourth-order valence-corrected chi connectivity index (χ4v) is 5.08. The van der Waals surface area contributed by atoms with Crippen molar-refractivity contribution in [3.05, 3.63) is 51.8 Å². The minimum absolute atomic E-state index is 0.00934. The van der Waals surface area contributed by atoms with Crippen molar-refractivity contribution in [1.82, 2.24) is 15.2 Å². The van der Waals surface area contributed by atoms with Gasteiger partial charge in [-0.2, -0.15) is 5.26 Å². The van der Waals surface area contributed by atoms with Crippen LogP contribution in [-0.4, -0.2) is 46.6 Å². The smallest absolute Gasteiger partial charge is 0.294 e. The number of Topliss-reactive ketones (excluding diaryl/α,β-unsaturated/α-hetero) is 1. The highest BCUT2D eigenvalue weighted by Crippen LogP contribution is 2.45. The van der Waals surface area contributed by atoms with Crippen molar-refractivity contribution in [3.63, 3.8) is 0 Å². The van der Waals surface area contributed by atoms with Crippen molar-refractivity contribution in [2.45, 2.75) is 57.5 Å². The molecule has 3 N–H and O–H groups in total. The van der Waals surface area contributed by atoms with E-state index in [4.69, 9.17) is 0 Å². The monoisotopic (exact) mass is 497 g/mol. The van der Waals surface area contributed by atoms with E-state index in [0.29, 0.717) is 36.3 Å². The quantitative estimate of drug-likeness (QED) is 0.416. The van der Waals surface area contributed by atoms with E-state index in [1.807, 2.05) is 0 Å². The van der Waals surface area contributed by atoms with Gasteiger partial charge < -0.3 is 20.5 Å². The Morgan fingerprint density at radius 2 is 1.83 bits per heavy atom. The number of fused-ring (bicyclic) bond motifs is 1. The summed E-state index contributed by atoms with van der Waals surface area (Å²) in [7, 11) is 1.26. The van der Waals surface area contributed by atoms with Gasteiger partial charge in [0, 0.05) is 37.8 Å². The molecule has 0 unspecified atom stereocenters. The highest BCUT2D eigenvalue weighted by molar-refractivity contribution is 6.43. The van der Waals surface area contributed by atoms with Gasteiger partial charge in [0.1, 0.15) is 5.54 Å². The molecule has 2 aromatic rings. The molecule has 1 aromatic heterocycles. The lowest BCUT2D eigenvalue weighted by atomic mass is 9.72. The van der Waals surface area contributed by atoms with Crippen molar-refractivity contribution >= 4 is 29.2 Å². The van der Waals surface area contributed by atoms with Crippen LogP contribution in [-0.2, 0) is 22.6 Å². The molecule has 0 atom stereocenters. The second-order valence-corrected chi connectivity index (χ2v) is 9.30. The first-order valence-corrected chi connectivity index (χ1v) is 11.4. The summed E-state index contributed by atoms with van der Waals surface area (Å²) in [6.45, 7) is 3.72. The molecule has 11 heteroatoms. The molecule has 3 amide bonds. The van der Waals surface area contributed by atoms with Crippen molar-refractivity contribution in [3.8, 4) is 6.07 Å². The number of aromatic nitrogens is 1. The standard InChI is InChI=1S/C25H25F2N5O4/c1-13-6-7-16(9-15(13)10-28)30-21(34)18-14(2)19(32-8-4-5-17(18)32)20(33)22(35)31-24(23(36)29-3)11-25(26,27)12-24/h6-7,9H,4-5,8,11-12H2,1-3H3,(H,29,36)(H,30,34)(H,31,35). The van der Waals surface area contributed by atoms with E-state index in [0.717, 1.165) is 5.56 Å². The van der Waals surface area contributed by atoms with Crippen molar-refractivity contribution in [2.75, 3.05) is 12.4 Å². The molecule has 2 aliphatic rings. The van der Waals surface area contributed by atoms with E-state index in [2.05, 4.69) is 22.0 Å². The van der Waals surface area contributed by atoms with Gasteiger partial charge in [-0.1, -0.05) is 6.07 Å². The maximum Gasteiger partial charge on any atom is 0.294 e. The third-order valence-electron chi connectivity index (χ3n) is 6.81. The van der Waals surface area contributed by atoms with E-state index >= 15 is 0 Å². The number of benzene rings is 1. The third-order valence-corrected chi connectivity index (χ3v) is 6.81. The van der Waals surface area contributed by atoms with Crippen LogP contribution < -0.4 is 16.0 Å². The summed E-state index contributed by atoms with van der Waals surface area (Å²) < 4.78 is 28.8. The van der Waals surface area contributed by atoms with Crippen LogP contribution in [0.15, 0.2) is 18.2 Å². The zero-order valence-corrected chi connectivity index (χ0v) is 20.1. The lowest BCUT2D eigenvalue weighted by molar-refractivity contribution is -0.164. The second-order valence-electron chi connectivity index (χ2n) is 9.30. The lowest BCUT2D eigenvalue weighted by Gasteiger charge is -2.45. The average Bonchev–Trinajstić information content (AvgIpc) is 3.37. The van der Waals surface area contributed by atoms with E-state index in [1.54, 1.807) is 36.6 Å². The molecule has 1 saturated carbocycles. The zero-order chi connectivity index (χ0) is 26.4. The summed E-state index contributed by atoms with van der Waals surface area (Å²) >= 11 is 0. The summed E-state index contributed by atoms with van der Waals surface area (Å²) in [5.74, 6) is -6.61. The summed E-state index contributed by atoms with van der Waals surface area (Å²) in [4.78, 5) is 51.5. The first kappa shape index (κ1) is 25.0. The zero-order valence-electron chi connectivity index (χ0n) is 20.1. The largest absolute Gasteiger partial charge is 0.357 e. The van der Waals surface area contributed by atoms with Gasteiger partial charge in [0.2, 0.25) is 5.91 Å². The number of amides is 3. The van der Waals surface area contributed by atoms with E-state index < -0.39 is 47.8 Å². The molecule has 9 nitrogen and oxygen atoms in total. The van der Waals surface area contributed by atoms with Gasteiger partial charge in [0.05, 0.1) is 22.9 Å². The van der Waals surface area contributed by atoms with Gasteiger partial charge in [-0.05, 0) is 49.9 Å². The van der Waals surface area contributed by atoms with Crippen LogP contribution in [0.1, 0.15) is 62.5 Å². The Morgan fingerprint density at radius 3 is 2.44 bits per heavy atom. The number of aryl methyl sites for hydroxylation is 1. The minimum atomic E-state index is -3.12. The number of nitriles is 1. The van der Waals surface area contributed by atoms with Crippen molar-refractivity contribution in [2.24, 2.45) is 0 Å². The molecule has 1 aliphatic carbocycles. The number of hydrogen-bond acceptors (Lipinski definition) is 5. The molecule has 0 bridgehead atoms. The number of carbonyl (C=O) groups excluding carboxylic acids is 4. The van der Waals surface area contributed by atoms with Gasteiger partial charge in [0.25, 0.3) is 23.5 Å². The Hall–Kier alpha value is -4.07. The molecule has 188 valence electrons. The predicted molar refractivity (Wildman–Crippen MR) is 125 cm³/mol. The van der Waals surface area contributed by atoms with Crippen LogP contribution in [0.4, 0.5) is 14.5 Å². The molecule has 0 spiro atoms. The summed E-state index contributed by atoms with van der Waals surface area (Å²) in [6, 6.07) is 6.97. The number of nitrogens with zero attached hydrogens (tertiary/aromatic N) is 2. The molecule has 0 radical (unpaired) electrons. The molecule has 2 heterocycles. The normalized spacial score (nSPS) is 16.8. The summed E-state index contributed by atoms with van der Waals surface area (Å²) in [6.07, 6.45) is -0.656. The summed E-state index contributed by atoms with van der Waals surface area (Å²) in [5.41, 5.74) is 0.809. The van der Waals surface area contributed by atoms with Crippen LogP contribution in [0.3, 0.4) is 0 Å². The number of hydrogen-bond donors (Lipinski definition) is 3. The molecule has 1 aromatic carbocycles. The van der Waals surface area contributed by atoms with Gasteiger partial charge in [-0.3, -0.25) is 19.2 Å². The predicted octanol–water partition coefficient (Wildman–Crippen LogP) is 2.39. The SMILES string of the molecule is CNC(=O)C1(NC(=O)C(=O)c2c(C)c(C(=O)Nc3ccc(C)c(C#N)c3)c3n2CCC3)CC(F)(F)C1. The molecular formula is C25H25F2N5O4. The highest BCUT2D eigenvalue weighted by atomic mass is 19.3. The van der Waals surface area contributed by atoms with Gasteiger partial charge >= 0.3 is 0 Å². The van der Waals surface area contributed by atoms with Crippen LogP contribution in [0.25, 0.3) is 0 Å². The number of ketones is 1. The highest BCUT2D eigenvalue weighted by Gasteiger charge is 2.62. The Kier molecular flexibility index (Phi) is 6.16. The molecule has 1 aliphatic heterocycles.